The summed E-state index contributed by atoms with van der Waals surface area (Å²) < 4.78 is 2.95. The SMILES string of the molecule is CCn1c(=O)[nH]c2cc(C(=O)NC(C)c3cnn(Cc4ccccc4)c3)ccc2c1=O. The molecule has 2 aromatic carbocycles. The molecule has 0 saturated carbocycles. The van der Waals surface area contributed by atoms with Gasteiger partial charge < -0.3 is 10.3 Å². The van der Waals surface area contributed by atoms with Crippen molar-refractivity contribution in [1.29, 1.82) is 0 Å². The molecule has 1 unspecified atom stereocenters. The van der Waals surface area contributed by atoms with Gasteiger partial charge in [-0.05, 0) is 37.6 Å². The van der Waals surface area contributed by atoms with Gasteiger partial charge in [0.05, 0.1) is 29.7 Å². The molecule has 31 heavy (non-hydrogen) atoms. The van der Waals surface area contributed by atoms with Crippen molar-refractivity contribution in [2.45, 2.75) is 33.0 Å². The summed E-state index contributed by atoms with van der Waals surface area (Å²) in [7, 11) is 0. The second-order valence-corrected chi connectivity index (χ2v) is 7.39. The molecule has 2 heterocycles. The molecule has 0 aliphatic rings. The van der Waals surface area contributed by atoms with Gasteiger partial charge >= 0.3 is 5.69 Å². The van der Waals surface area contributed by atoms with Crippen LogP contribution in [0.25, 0.3) is 10.9 Å². The lowest BCUT2D eigenvalue weighted by Gasteiger charge is -2.13. The van der Waals surface area contributed by atoms with Gasteiger partial charge in [-0.25, -0.2) is 4.79 Å². The third-order valence-electron chi connectivity index (χ3n) is 5.25. The first-order valence-electron chi connectivity index (χ1n) is 10.1. The molecule has 158 valence electrons. The number of rotatable bonds is 6. The first-order valence-corrected chi connectivity index (χ1v) is 10.1. The quantitative estimate of drug-likeness (QED) is 0.503. The topological polar surface area (TPSA) is 102 Å². The zero-order valence-corrected chi connectivity index (χ0v) is 17.3. The Morgan fingerprint density at radius 2 is 1.94 bits per heavy atom. The highest BCUT2D eigenvalue weighted by Crippen LogP contribution is 2.15. The fraction of sp³-hybridized carbons (Fsp3) is 0.217. The van der Waals surface area contributed by atoms with E-state index >= 15 is 0 Å². The number of carbonyl (C=O) groups excluding carboxylic acids is 1. The van der Waals surface area contributed by atoms with Gasteiger partial charge in [0, 0.05) is 23.9 Å². The summed E-state index contributed by atoms with van der Waals surface area (Å²) in [6.07, 6.45) is 3.64. The van der Waals surface area contributed by atoms with Gasteiger partial charge in [0.2, 0.25) is 0 Å². The van der Waals surface area contributed by atoms with E-state index in [0.717, 1.165) is 15.7 Å². The number of H-pyrrole nitrogens is 1. The van der Waals surface area contributed by atoms with E-state index in [-0.39, 0.29) is 24.1 Å². The molecular formula is C23H23N5O3. The predicted molar refractivity (Wildman–Crippen MR) is 118 cm³/mol. The number of carbonyl (C=O) groups is 1. The van der Waals surface area contributed by atoms with E-state index in [2.05, 4.69) is 15.4 Å². The van der Waals surface area contributed by atoms with Crippen LogP contribution in [0.1, 0.15) is 41.4 Å². The normalized spacial score (nSPS) is 12.1. The highest BCUT2D eigenvalue weighted by molar-refractivity contribution is 5.97. The van der Waals surface area contributed by atoms with Gasteiger partial charge in [0.1, 0.15) is 0 Å². The van der Waals surface area contributed by atoms with Crippen LogP contribution in [0.15, 0.2) is 70.5 Å². The molecule has 0 fully saturated rings. The van der Waals surface area contributed by atoms with Crippen LogP contribution in [0, 0.1) is 0 Å². The average Bonchev–Trinajstić information content (AvgIpc) is 3.23. The van der Waals surface area contributed by atoms with Gasteiger partial charge in [-0.3, -0.25) is 18.8 Å². The number of amides is 1. The molecule has 8 heteroatoms. The van der Waals surface area contributed by atoms with Crippen LogP contribution < -0.4 is 16.6 Å². The van der Waals surface area contributed by atoms with E-state index in [1.165, 1.54) is 6.07 Å². The van der Waals surface area contributed by atoms with Crippen LogP contribution >= 0.6 is 0 Å². The van der Waals surface area contributed by atoms with Gasteiger partial charge in [0.15, 0.2) is 0 Å². The molecule has 4 aromatic rings. The fourth-order valence-electron chi connectivity index (χ4n) is 3.51. The summed E-state index contributed by atoms with van der Waals surface area (Å²) in [5, 5.41) is 7.69. The van der Waals surface area contributed by atoms with E-state index in [4.69, 9.17) is 0 Å². The number of aromatic amines is 1. The average molecular weight is 417 g/mol. The number of nitrogens with one attached hydrogen (secondary N) is 2. The monoisotopic (exact) mass is 417 g/mol. The Bertz CT molecular complexity index is 1350. The number of hydrogen-bond donors (Lipinski definition) is 2. The van der Waals surface area contributed by atoms with Crippen molar-refractivity contribution in [1.82, 2.24) is 24.6 Å². The zero-order valence-electron chi connectivity index (χ0n) is 17.3. The minimum atomic E-state index is -0.489. The van der Waals surface area contributed by atoms with E-state index in [1.54, 1.807) is 25.3 Å². The fourth-order valence-corrected chi connectivity index (χ4v) is 3.51. The molecule has 2 N–H and O–H groups in total. The Morgan fingerprint density at radius 1 is 1.16 bits per heavy atom. The molecule has 0 radical (unpaired) electrons. The molecule has 4 rings (SSSR count). The Balaban J connectivity index is 1.51. The number of hydrogen-bond acceptors (Lipinski definition) is 4. The van der Waals surface area contributed by atoms with E-state index in [0.29, 0.717) is 23.0 Å². The van der Waals surface area contributed by atoms with Crippen molar-refractivity contribution in [3.8, 4) is 0 Å². The Hall–Kier alpha value is -3.94. The van der Waals surface area contributed by atoms with Gasteiger partial charge in [-0.2, -0.15) is 5.10 Å². The van der Waals surface area contributed by atoms with Crippen molar-refractivity contribution in [2.75, 3.05) is 0 Å². The highest BCUT2D eigenvalue weighted by Gasteiger charge is 2.15. The van der Waals surface area contributed by atoms with Gasteiger partial charge in [0.25, 0.3) is 11.5 Å². The van der Waals surface area contributed by atoms with Crippen LogP contribution in [-0.2, 0) is 13.1 Å². The molecule has 1 amide bonds. The Kier molecular flexibility index (Phi) is 5.53. The van der Waals surface area contributed by atoms with Gasteiger partial charge in [-0.15, -0.1) is 0 Å². The number of nitrogens with zero attached hydrogens (tertiary/aromatic N) is 3. The van der Waals surface area contributed by atoms with Crippen LogP contribution in [0.5, 0.6) is 0 Å². The van der Waals surface area contributed by atoms with Crippen molar-refractivity contribution in [3.05, 3.63) is 98.5 Å². The summed E-state index contributed by atoms with van der Waals surface area (Å²) in [4.78, 5) is 39.9. The lowest BCUT2D eigenvalue weighted by Crippen LogP contribution is -2.34. The predicted octanol–water partition coefficient (Wildman–Crippen LogP) is 2.45. The second kappa shape index (κ2) is 8.43. The highest BCUT2D eigenvalue weighted by atomic mass is 16.2. The van der Waals surface area contributed by atoms with Crippen LogP contribution in [-0.4, -0.2) is 25.2 Å². The first-order chi connectivity index (χ1) is 15.0. The Morgan fingerprint density at radius 3 is 2.68 bits per heavy atom. The minimum absolute atomic E-state index is 0.264. The molecule has 8 nitrogen and oxygen atoms in total. The minimum Gasteiger partial charge on any atom is -0.345 e. The summed E-state index contributed by atoms with van der Waals surface area (Å²) in [6, 6.07) is 14.4. The van der Waals surface area contributed by atoms with Crippen LogP contribution in [0.4, 0.5) is 0 Å². The summed E-state index contributed by atoms with van der Waals surface area (Å²) in [5.41, 5.74) is 1.87. The molecule has 0 bridgehead atoms. The number of fused-ring (bicyclic) bond motifs is 1. The van der Waals surface area contributed by atoms with Crippen LogP contribution in [0.2, 0.25) is 0 Å². The smallest absolute Gasteiger partial charge is 0.328 e. The van der Waals surface area contributed by atoms with Gasteiger partial charge in [-0.1, -0.05) is 30.3 Å². The lowest BCUT2D eigenvalue weighted by atomic mass is 10.1. The van der Waals surface area contributed by atoms with E-state index in [9.17, 15) is 14.4 Å². The first kappa shape index (κ1) is 20.3. The maximum atomic E-state index is 12.7. The summed E-state index contributed by atoms with van der Waals surface area (Å²) in [6.45, 7) is 4.54. The zero-order chi connectivity index (χ0) is 22.0. The third-order valence-corrected chi connectivity index (χ3v) is 5.25. The standard InChI is InChI=1S/C23H23N5O3/c1-3-28-22(30)19-10-9-17(11-20(19)26-23(28)31)21(29)25-15(2)18-12-24-27(14-18)13-16-7-5-4-6-8-16/h4-12,14-15H,3,13H2,1-2H3,(H,25,29)(H,26,31). The maximum absolute atomic E-state index is 12.7. The molecule has 0 aliphatic heterocycles. The molecule has 2 aromatic heterocycles. The summed E-state index contributed by atoms with van der Waals surface area (Å²) in [5.74, 6) is -0.300. The third kappa shape index (κ3) is 4.18. The molecule has 1 atom stereocenters. The largest absolute Gasteiger partial charge is 0.345 e. The number of benzene rings is 2. The number of aromatic nitrogens is 4. The van der Waals surface area contributed by atoms with Crippen molar-refractivity contribution < 1.29 is 4.79 Å². The van der Waals surface area contributed by atoms with E-state index in [1.807, 2.05) is 48.1 Å². The van der Waals surface area contributed by atoms with Crippen molar-refractivity contribution in [2.24, 2.45) is 0 Å². The van der Waals surface area contributed by atoms with Crippen molar-refractivity contribution in [3.63, 3.8) is 0 Å². The Labute approximate surface area is 178 Å². The maximum Gasteiger partial charge on any atom is 0.328 e. The van der Waals surface area contributed by atoms with Crippen LogP contribution in [0.3, 0.4) is 0 Å². The second-order valence-electron chi connectivity index (χ2n) is 7.39. The molecular weight excluding hydrogens is 394 g/mol. The molecule has 0 saturated heterocycles. The van der Waals surface area contributed by atoms with E-state index < -0.39 is 5.69 Å². The lowest BCUT2D eigenvalue weighted by molar-refractivity contribution is 0.0940. The molecule has 0 aliphatic carbocycles. The molecule has 0 spiro atoms. The van der Waals surface area contributed by atoms with Crippen molar-refractivity contribution >= 4 is 16.8 Å². The summed E-state index contributed by atoms with van der Waals surface area (Å²) >= 11 is 0.